The third-order valence-corrected chi connectivity index (χ3v) is 5.55. The molecule has 1 aromatic carbocycles. The van der Waals surface area contributed by atoms with Gasteiger partial charge in [0.15, 0.2) is 0 Å². The highest BCUT2D eigenvalue weighted by molar-refractivity contribution is 6.29. The van der Waals surface area contributed by atoms with Gasteiger partial charge in [-0.25, -0.2) is 14.2 Å². The molecule has 1 fully saturated rings. The highest BCUT2D eigenvalue weighted by Gasteiger charge is 2.35. The van der Waals surface area contributed by atoms with Crippen molar-refractivity contribution in [1.82, 2.24) is 4.98 Å². The van der Waals surface area contributed by atoms with Crippen LogP contribution in [0.4, 0.5) is 23.2 Å². The maximum absolute atomic E-state index is 14.4. The molecule has 1 aromatic heterocycles. The highest BCUT2D eigenvalue weighted by Crippen LogP contribution is 2.45. The Bertz CT molecular complexity index is 996. The summed E-state index contributed by atoms with van der Waals surface area (Å²) in [5.41, 5.74) is -0.285. The molecule has 1 saturated carbocycles. The van der Waals surface area contributed by atoms with E-state index in [1.807, 2.05) is 6.92 Å². The summed E-state index contributed by atoms with van der Waals surface area (Å²) >= 11 is 5.87. The number of nitrogens with zero attached hydrogens (tertiary/aromatic N) is 2. The quantitative estimate of drug-likeness (QED) is 0.171. The van der Waals surface area contributed by atoms with E-state index in [9.17, 15) is 22.4 Å². The Hall–Kier alpha value is -2.55. The molecule has 0 N–H and O–H groups in total. The standard InChI is InChI=1S/C23H25ClF4N2O3/c1-3-7-30(19-12-21(24)29-13-17(19)23(26,27)28)8-4-9-33-20-11-18(25)16(22(31)32-2)10-15(20)14-5-6-14/h10-14H,3-9H2,1-2H3. The molecule has 0 aliphatic heterocycles. The van der Waals surface area contributed by atoms with Gasteiger partial charge in [-0.15, -0.1) is 0 Å². The fraction of sp³-hybridized carbons (Fsp3) is 0.478. The van der Waals surface area contributed by atoms with Crippen LogP contribution in [-0.4, -0.2) is 37.8 Å². The van der Waals surface area contributed by atoms with Gasteiger partial charge in [0.1, 0.15) is 16.7 Å². The zero-order chi connectivity index (χ0) is 24.2. The molecule has 0 unspecified atom stereocenters. The normalized spacial score (nSPS) is 13.7. The van der Waals surface area contributed by atoms with Gasteiger partial charge < -0.3 is 14.4 Å². The number of anilines is 1. The number of carbonyl (C=O) groups excluding carboxylic acids is 1. The Balaban J connectivity index is 1.71. The van der Waals surface area contributed by atoms with E-state index >= 15 is 0 Å². The van der Waals surface area contributed by atoms with Gasteiger partial charge in [-0.05, 0) is 49.3 Å². The monoisotopic (exact) mass is 488 g/mol. The maximum Gasteiger partial charge on any atom is 0.419 e. The van der Waals surface area contributed by atoms with Crippen LogP contribution in [0.3, 0.4) is 0 Å². The largest absolute Gasteiger partial charge is 0.493 e. The lowest BCUT2D eigenvalue weighted by Crippen LogP contribution is -2.29. The first kappa shape index (κ1) is 25.1. The van der Waals surface area contributed by atoms with E-state index in [0.29, 0.717) is 25.1 Å². The summed E-state index contributed by atoms with van der Waals surface area (Å²) in [5.74, 6) is -0.968. The van der Waals surface area contributed by atoms with Gasteiger partial charge in [0.2, 0.25) is 0 Å². The van der Waals surface area contributed by atoms with Gasteiger partial charge in [0.25, 0.3) is 0 Å². The third-order valence-electron chi connectivity index (χ3n) is 5.34. The van der Waals surface area contributed by atoms with Crippen LogP contribution >= 0.6 is 11.6 Å². The summed E-state index contributed by atoms with van der Waals surface area (Å²) in [6, 6.07) is 3.85. The number of hydrogen-bond donors (Lipinski definition) is 0. The van der Waals surface area contributed by atoms with Crippen molar-refractivity contribution in [3.05, 3.63) is 52.1 Å². The van der Waals surface area contributed by atoms with E-state index in [2.05, 4.69) is 9.72 Å². The minimum Gasteiger partial charge on any atom is -0.493 e. The molecule has 1 heterocycles. The molecule has 10 heteroatoms. The molecular formula is C23H25ClF4N2O3. The fourth-order valence-electron chi connectivity index (χ4n) is 3.64. The van der Waals surface area contributed by atoms with Gasteiger partial charge in [-0.2, -0.15) is 13.2 Å². The van der Waals surface area contributed by atoms with Crippen LogP contribution in [0.25, 0.3) is 0 Å². The SMILES string of the molecule is CCCN(CCCOc1cc(F)c(C(=O)OC)cc1C1CC1)c1cc(Cl)ncc1C(F)(F)F. The molecule has 2 aromatic rings. The lowest BCUT2D eigenvalue weighted by atomic mass is 10.0. The van der Waals surface area contributed by atoms with E-state index in [1.54, 1.807) is 4.90 Å². The number of alkyl halides is 3. The lowest BCUT2D eigenvalue weighted by Gasteiger charge is -2.27. The van der Waals surface area contributed by atoms with E-state index in [1.165, 1.54) is 25.3 Å². The van der Waals surface area contributed by atoms with Crippen molar-refractivity contribution in [2.75, 3.05) is 31.7 Å². The van der Waals surface area contributed by atoms with Crippen LogP contribution in [0, 0.1) is 5.82 Å². The molecule has 3 rings (SSSR count). The lowest BCUT2D eigenvalue weighted by molar-refractivity contribution is -0.137. The molecular weight excluding hydrogens is 464 g/mol. The summed E-state index contributed by atoms with van der Waals surface area (Å²) in [6.45, 7) is 2.70. The minimum atomic E-state index is -4.56. The van der Waals surface area contributed by atoms with Gasteiger partial charge in [0, 0.05) is 25.4 Å². The first-order valence-corrected chi connectivity index (χ1v) is 11.1. The summed E-state index contributed by atoms with van der Waals surface area (Å²) in [6.07, 6.45) is -0.977. The van der Waals surface area contributed by atoms with Crippen LogP contribution < -0.4 is 9.64 Å². The molecule has 0 radical (unpaired) electrons. The molecule has 5 nitrogen and oxygen atoms in total. The molecule has 0 bridgehead atoms. The number of methoxy groups -OCH3 is 1. The number of carbonyl (C=O) groups is 1. The molecule has 33 heavy (non-hydrogen) atoms. The average molecular weight is 489 g/mol. The summed E-state index contributed by atoms with van der Waals surface area (Å²) in [5, 5.41) is -0.0226. The molecule has 0 spiro atoms. The smallest absolute Gasteiger partial charge is 0.419 e. The van der Waals surface area contributed by atoms with Gasteiger partial charge >= 0.3 is 12.1 Å². The predicted octanol–water partition coefficient (Wildman–Crippen LogP) is 6.24. The zero-order valence-corrected chi connectivity index (χ0v) is 19.1. The van der Waals surface area contributed by atoms with Gasteiger partial charge in [-0.1, -0.05) is 18.5 Å². The molecule has 0 amide bonds. The number of esters is 1. The van der Waals surface area contributed by atoms with Gasteiger partial charge in [0.05, 0.1) is 30.5 Å². The number of benzene rings is 1. The number of halogens is 5. The van der Waals surface area contributed by atoms with Crippen molar-refractivity contribution in [3.8, 4) is 5.75 Å². The van der Waals surface area contributed by atoms with Crippen LogP contribution in [-0.2, 0) is 10.9 Å². The van der Waals surface area contributed by atoms with Crippen LogP contribution in [0.5, 0.6) is 5.75 Å². The Labute approximate surface area is 194 Å². The third kappa shape index (κ3) is 6.28. The van der Waals surface area contributed by atoms with Crippen molar-refractivity contribution in [2.45, 2.75) is 44.7 Å². The van der Waals surface area contributed by atoms with Crippen LogP contribution in [0.15, 0.2) is 24.4 Å². The zero-order valence-electron chi connectivity index (χ0n) is 18.3. The topological polar surface area (TPSA) is 51.7 Å². The average Bonchev–Trinajstić information content (AvgIpc) is 3.59. The first-order valence-electron chi connectivity index (χ1n) is 10.7. The maximum atomic E-state index is 14.4. The molecule has 1 aliphatic rings. The highest BCUT2D eigenvalue weighted by atomic mass is 35.5. The molecule has 0 atom stereocenters. The number of rotatable bonds is 10. The number of pyridine rings is 1. The second-order valence-corrected chi connectivity index (χ2v) is 8.23. The second-order valence-electron chi connectivity index (χ2n) is 7.85. The van der Waals surface area contributed by atoms with E-state index in [-0.39, 0.29) is 35.5 Å². The van der Waals surface area contributed by atoms with Crippen molar-refractivity contribution >= 4 is 23.3 Å². The van der Waals surface area contributed by atoms with E-state index in [0.717, 1.165) is 24.6 Å². The molecule has 180 valence electrons. The first-order chi connectivity index (χ1) is 15.7. The van der Waals surface area contributed by atoms with Crippen molar-refractivity contribution in [3.63, 3.8) is 0 Å². The van der Waals surface area contributed by atoms with Crippen LogP contribution in [0.2, 0.25) is 5.15 Å². The summed E-state index contributed by atoms with van der Waals surface area (Å²) in [4.78, 5) is 17.0. The van der Waals surface area contributed by atoms with E-state index in [4.69, 9.17) is 16.3 Å². The number of aromatic nitrogens is 1. The van der Waals surface area contributed by atoms with Crippen molar-refractivity contribution in [1.29, 1.82) is 0 Å². The van der Waals surface area contributed by atoms with E-state index < -0.39 is 23.5 Å². The fourth-order valence-corrected chi connectivity index (χ4v) is 3.79. The Kier molecular flexibility index (Phi) is 8.05. The summed E-state index contributed by atoms with van der Waals surface area (Å²) in [7, 11) is 1.19. The van der Waals surface area contributed by atoms with Crippen molar-refractivity contribution in [2.24, 2.45) is 0 Å². The molecule has 0 saturated heterocycles. The Morgan fingerprint density at radius 2 is 1.97 bits per heavy atom. The predicted molar refractivity (Wildman–Crippen MR) is 117 cm³/mol. The number of ether oxygens (including phenoxy) is 2. The van der Waals surface area contributed by atoms with Gasteiger partial charge in [-0.3, -0.25) is 0 Å². The Morgan fingerprint density at radius 1 is 1.24 bits per heavy atom. The Morgan fingerprint density at radius 3 is 2.58 bits per heavy atom. The summed E-state index contributed by atoms with van der Waals surface area (Å²) < 4.78 is 65.2. The second kappa shape index (κ2) is 10.6. The molecule has 1 aliphatic carbocycles. The number of hydrogen-bond acceptors (Lipinski definition) is 5. The van der Waals surface area contributed by atoms with Crippen molar-refractivity contribution < 1.29 is 31.8 Å². The minimum absolute atomic E-state index is 0.0226. The van der Waals surface area contributed by atoms with Crippen LogP contribution in [0.1, 0.15) is 60.0 Å².